The molecule has 0 spiro atoms. The molecule has 0 saturated carbocycles. The van der Waals surface area contributed by atoms with Gasteiger partial charge in [0.05, 0.1) is 17.7 Å². The molecule has 18 heavy (non-hydrogen) atoms. The molecule has 0 unspecified atom stereocenters. The molecular weight excluding hydrogens is 232 g/mol. The Bertz CT molecular complexity index is 295. The van der Waals surface area contributed by atoms with Gasteiger partial charge in [-0.3, -0.25) is 0 Å². The number of likely N-dealkylation sites (tertiary alicyclic amines) is 1. The topological polar surface area (TPSA) is 61.8 Å². The molecule has 2 atom stereocenters. The summed E-state index contributed by atoms with van der Waals surface area (Å²) in [5.74, 6) is 0. The molecule has 0 aromatic rings. The van der Waals surface area contributed by atoms with Gasteiger partial charge in [0.15, 0.2) is 0 Å². The fourth-order valence-corrected chi connectivity index (χ4v) is 2.85. The van der Waals surface area contributed by atoms with E-state index >= 15 is 0 Å². The van der Waals surface area contributed by atoms with Crippen LogP contribution in [-0.2, 0) is 4.74 Å². The molecule has 2 N–H and O–H groups in total. The Hall–Kier alpha value is -0.810. The normalized spacial score (nSPS) is 28.7. The number of amides is 2. The van der Waals surface area contributed by atoms with Gasteiger partial charge in [0.1, 0.15) is 0 Å². The third-order valence-electron chi connectivity index (χ3n) is 3.83. The van der Waals surface area contributed by atoms with Gasteiger partial charge in [0, 0.05) is 19.7 Å². The molecule has 0 aromatic carbocycles. The average molecular weight is 256 g/mol. The van der Waals surface area contributed by atoms with E-state index in [9.17, 15) is 9.90 Å². The summed E-state index contributed by atoms with van der Waals surface area (Å²) in [6.45, 7) is 5.64. The maximum Gasteiger partial charge on any atom is 0.317 e. The summed E-state index contributed by atoms with van der Waals surface area (Å²) >= 11 is 0. The third kappa shape index (κ3) is 3.14. The molecule has 2 saturated heterocycles. The number of rotatable bonds is 3. The van der Waals surface area contributed by atoms with E-state index in [0.717, 1.165) is 38.8 Å². The molecule has 0 aromatic heterocycles. The second-order valence-electron chi connectivity index (χ2n) is 5.83. The second kappa shape index (κ2) is 5.45. The average Bonchev–Trinajstić information content (AvgIpc) is 2.95. The second-order valence-corrected chi connectivity index (χ2v) is 5.83. The van der Waals surface area contributed by atoms with Crippen molar-refractivity contribution in [1.82, 2.24) is 10.2 Å². The molecular formula is C13H24N2O3. The molecule has 0 radical (unpaired) electrons. The Morgan fingerprint density at radius 3 is 2.83 bits per heavy atom. The highest BCUT2D eigenvalue weighted by Crippen LogP contribution is 2.26. The predicted molar refractivity (Wildman–Crippen MR) is 68.4 cm³/mol. The standard InChI is InChI=1S/C13H24N2O3/c1-13(2,17)11-6-3-7-15(11)12(16)14-9-10-5-4-8-18-10/h10-11,17H,3-9H2,1-2H3,(H,14,16)/t10-,11+/m1/s1. The number of nitrogens with one attached hydrogen (secondary N) is 1. The van der Waals surface area contributed by atoms with Gasteiger partial charge in [0.25, 0.3) is 0 Å². The van der Waals surface area contributed by atoms with Crippen LogP contribution in [0.3, 0.4) is 0 Å². The fraction of sp³-hybridized carbons (Fsp3) is 0.923. The number of carbonyl (C=O) groups is 1. The van der Waals surface area contributed by atoms with Crippen LogP contribution in [0.5, 0.6) is 0 Å². The lowest BCUT2D eigenvalue weighted by molar-refractivity contribution is 0.00929. The van der Waals surface area contributed by atoms with Gasteiger partial charge in [-0.25, -0.2) is 4.79 Å². The minimum absolute atomic E-state index is 0.0740. The quantitative estimate of drug-likeness (QED) is 0.795. The maximum atomic E-state index is 12.1. The highest BCUT2D eigenvalue weighted by Gasteiger charge is 2.38. The number of carbonyl (C=O) groups excluding carboxylic acids is 1. The fourth-order valence-electron chi connectivity index (χ4n) is 2.85. The predicted octanol–water partition coefficient (Wildman–Crippen LogP) is 1.11. The number of hydrogen-bond acceptors (Lipinski definition) is 3. The monoisotopic (exact) mass is 256 g/mol. The molecule has 5 heteroatoms. The van der Waals surface area contributed by atoms with Gasteiger partial charge in [-0.05, 0) is 39.5 Å². The van der Waals surface area contributed by atoms with Crippen LogP contribution in [0.1, 0.15) is 39.5 Å². The smallest absolute Gasteiger partial charge is 0.317 e. The van der Waals surface area contributed by atoms with Crippen LogP contribution in [-0.4, -0.2) is 53.5 Å². The van der Waals surface area contributed by atoms with Crippen LogP contribution < -0.4 is 5.32 Å². The molecule has 0 bridgehead atoms. The first-order valence-corrected chi connectivity index (χ1v) is 6.87. The molecule has 2 aliphatic rings. The first-order valence-electron chi connectivity index (χ1n) is 6.87. The van der Waals surface area contributed by atoms with Gasteiger partial charge in [0.2, 0.25) is 0 Å². The number of aliphatic hydroxyl groups is 1. The van der Waals surface area contributed by atoms with Crippen molar-refractivity contribution in [2.45, 2.75) is 57.3 Å². The van der Waals surface area contributed by atoms with Crippen molar-refractivity contribution < 1.29 is 14.6 Å². The zero-order valence-electron chi connectivity index (χ0n) is 11.3. The lowest BCUT2D eigenvalue weighted by Crippen LogP contribution is -2.52. The molecule has 2 fully saturated rings. The number of ether oxygens (including phenoxy) is 1. The van der Waals surface area contributed by atoms with E-state index in [1.165, 1.54) is 0 Å². The van der Waals surface area contributed by atoms with Crippen molar-refractivity contribution in [3.63, 3.8) is 0 Å². The summed E-state index contributed by atoms with van der Waals surface area (Å²) in [5, 5.41) is 13.0. The van der Waals surface area contributed by atoms with E-state index in [0.29, 0.717) is 6.54 Å². The van der Waals surface area contributed by atoms with Crippen molar-refractivity contribution in [3.05, 3.63) is 0 Å². The largest absolute Gasteiger partial charge is 0.388 e. The van der Waals surface area contributed by atoms with Crippen LogP contribution in [0.25, 0.3) is 0 Å². The van der Waals surface area contributed by atoms with Gasteiger partial charge in [-0.1, -0.05) is 0 Å². The first-order chi connectivity index (χ1) is 8.48. The van der Waals surface area contributed by atoms with Gasteiger partial charge < -0.3 is 20.1 Å². The highest BCUT2D eigenvalue weighted by atomic mass is 16.5. The molecule has 2 amide bonds. The molecule has 5 nitrogen and oxygen atoms in total. The SMILES string of the molecule is CC(C)(O)[C@@H]1CCCN1C(=O)NC[C@H]1CCCO1. The van der Waals surface area contributed by atoms with Crippen molar-refractivity contribution in [2.75, 3.05) is 19.7 Å². The number of nitrogens with zero attached hydrogens (tertiary/aromatic N) is 1. The lowest BCUT2D eigenvalue weighted by Gasteiger charge is -2.34. The maximum absolute atomic E-state index is 12.1. The summed E-state index contributed by atoms with van der Waals surface area (Å²) in [7, 11) is 0. The minimum atomic E-state index is -0.836. The first kappa shape index (κ1) is 13.6. The Kier molecular flexibility index (Phi) is 4.12. The zero-order valence-corrected chi connectivity index (χ0v) is 11.3. The number of urea groups is 1. The van der Waals surface area contributed by atoms with Gasteiger partial charge >= 0.3 is 6.03 Å². The van der Waals surface area contributed by atoms with E-state index in [2.05, 4.69) is 5.32 Å². The van der Waals surface area contributed by atoms with Crippen LogP contribution in [0.15, 0.2) is 0 Å². The zero-order chi connectivity index (χ0) is 13.2. The van der Waals surface area contributed by atoms with Crippen molar-refractivity contribution in [3.8, 4) is 0 Å². The van der Waals surface area contributed by atoms with E-state index < -0.39 is 5.60 Å². The summed E-state index contributed by atoms with van der Waals surface area (Å²) in [6.07, 6.45) is 4.10. The minimum Gasteiger partial charge on any atom is -0.388 e. The van der Waals surface area contributed by atoms with E-state index in [1.807, 2.05) is 0 Å². The molecule has 104 valence electrons. The van der Waals surface area contributed by atoms with Gasteiger partial charge in [-0.15, -0.1) is 0 Å². The third-order valence-corrected chi connectivity index (χ3v) is 3.83. The van der Waals surface area contributed by atoms with Crippen LogP contribution in [0, 0.1) is 0 Å². The molecule has 2 heterocycles. The highest BCUT2D eigenvalue weighted by molar-refractivity contribution is 5.75. The summed E-state index contributed by atoms with van der Waals surface area (Å²) < 4.78 is 5.48. The number of hydrogen-bond donors (Lipinski definition) is 2. The Morgan fingerprint density at radius 2 is 2.22 bits per heavy atom. The van der Waals surface area contributed by atoms with Crippen molar-refractivity contribution >= 4 is 6.03 Å². The molecule has 2 rings (SSSR count). The lowest BCUT2D eigenvalue weighted by atomic mass is 9.97. The Morgan fingerprint density at radius 1 is 1.44 bits per heavy atom. The van der Waals surface area contributed by atoms with E-state index in [1.54, 1.807) is 18.7 Å². The Labute approximate surface area is 108 Å². The van der Waals surface area contributed by atoms with Crippen LogP contribution in [0.4, 0.5) is 4.79 Å². The van der Waals surface area contributed by atoms with Crippen molar-refractivity contribution in [2.24, 2.45) is 0 Å². The molecule has 2 aliphatic heterocycles. The summed E-state index contributed by atoms with van der Waals surface area (Å²) in [5.41, 5.74) is -0.836. The van der Waals surface area contributed by atoms with Crippen LogP contribution >= 0.6 is 0 Å². The summed E-state index contributed by atoms with van der Waals surface area (Å²) in [4.78, 5) is 13.9. The van der Waals surface area contributed by atoms with Gasteiger partial charge in [-0.2, -0.15) is 0 Å². The van der Waals surface area contributed by atoms with E-state index in [-0.39, 0.29) is 18.2 Å². The summed E-state index contributed by atoms with van der Waals surface area (Å²) in [6, 6.07) is -0.155. The van der Waals surface area contributed by atoms with Crippen molar-refractivity contribution in [1.29, 1.82) is 0 Å². The Balaban J connectivity index is 1.83. The molecule has 0 aliphatic carbocycles. The van der Waals surface area contributed by atoms with Crippen LogP contribution in [0.2, 0.25) is 0 Å². The van der Waals surface area contributed by atoms with E-state index in [4.69, 9.17) is 4.74 Å².